The summed E-state index contributed by atoms with van der Waals surface area (Å²) in [4.78, 5) is 12.5. The molecule has 1 atom stereocenters. The monoisotopic (exact) mass is 250 g/mol. The van der Waals surface area contributed by atoms with Gasteiger partial charge in [-0.3, -0.25) is 4.79 Å². The largest absolute Gasteiger partial charge is 0.481 e. The van der Waals surface area contributed by atoms with E-state index in [0.717, 1.165) is 6.54 Å². The Hall–Kier alpha value is -1.55. The highest BCUT2D eigenvalue weighted by molar-refractivity contribution is 5.66. The maximum Gasteiger partial charge on any atom is 0.303 e. The van der Waals surface area contributed by atoms with Gasteiger partial charge < -0.3 is 15.3 Å². The first-order valence-electron chi connectivity index (χ1n) is 6.20. The number of aliphatic carboxylic acids is 1. The van der Waals surface area contributed by atoms with Gasteiger partial charge in [-0.25, -0.2) is 0 Å². The number of carbonyl (C=O) groups is 1. The lowest BCUT2D eigenvalue weighted by Crippen LogP contribution is -2.26. The summed E-state index contributed by atoms with van der Waals surface area (Å²) in [6, 6.07) is 8.56. The fourth-order valence-electron chi connectivity index (χ4n) is 1.65. The highest BCUT2D eigenvalue weighted by Gasteiger charge is 2.05. The van der Waals surface area contributed by atoms with Crippen molar-refractivity contribution in [3.63, 3.8) is 0 Å². The van der Waals surface area contributed by atoms with Gasteiger partial charge in [0.15, 0.2) is 0 Å². The molecule has 1 aromatic carbocycles. The van der Waals surface area contributed by atoms with Crippen molar-refractivity contribution in [1.29, 1.82) is 0 Å². The molecule has 0 saturated carbocycles. The van der Waals surface area contributed by atoms with Crippen molar-refractivity contribution >= 4 is 11.7 Å². The molecule has 0 aliphatic heterocycles. The molecule has 0 bridgehead atoms. The average Bonchev–Trinajstić information content (AvgIpc) is 2.34. The first kappa shape index (κ1) is 14.5. The van der Waals surface area contributed by atoms with Gasteiger partial charge in [-0.05, 0) is 31.0 Å². The van der Waals surface area contributed by atoms with Gasteiger partial charge in [0.05, 0.1) is 0 Å². The zero-order chi connectivity index (χ0) is 13.5. The molecule has 2 N–H and O–H groups in total. The molecule has 0 fully saturated rings. The predicted molar refractivity (Wildman–Crippen MR) is 73.9 cm³/mol. The Labute approximate surface area is 109 Å². The van der Waals surface area contributed by atoms with E-state index >= 15 is 0 Å². The van der Waals surface area contributed by atoms with Gasteiger partial charge in [0.2, 0.25) is 0 Å². The minimum Gasteiger partial charge on any atom is -0.481 e. The van der Waals surface area contributed by atoms with Gasteiger partial charge in [0.1, 0.15) is 0 Å². The minimum absolute atomic E-state index is 0.216. The molecule has 0 amide bonds. The lowest BCUT2D eigenvalue weighted by molar-refractivity contribution is -0.137. The minimum atomic E-state index is -0.737. The third kappa shape index (κ3) is 5.19. The van der Waals surface area contributed by atoms with E-state index in [1.165, 1.54) is 11.3 Å². The summed E-state index contributed by atoms with van der Waals surface area (Å²) >= 11 is 0. The van der Waals surface area contributed by atoms with Gasteiger partial charge in [-0.15, -0.1) is 0 Å². The maximum absolute atomic E-state index is 10.4. The van der Waals surface area contributed by atoms with Crippen LogP contribution in [0.1, 0.15) is 25.3 Å². The molecule has 0 aromatic heterocycles. The molecule has 1 aromatic rings. The third-order valence-corrected chi connectivity index (χ3v) is 2.90. The summed E-state index contributed by atoms with van der Waals surface area (Å²) < 4.78 is 0. The van der Waals surface area contributed by atoms with E-state index in [9.17, 15) is 4.79 Å². The second-order valence-corrected chi connectivity index (χ2v) is 4.78. The number of rotatable bonds is 7. The Bertz CT molecular complexity index is 374. The van der Waals surface area contributed by atoms with Gasteiger partial charge in [0, 0.05) is 38.8 Å². The number of nitrogens with zero attached hydrogens (tertiary/aromatic N) is 1. The molecule has 1 rings (SSSR count). The fourth-order valence-corrected chi connectivity index (χ4v) is 1.65. The fraction of sp³-hybridized carbons (Fsp3) is 0.500. The Balaban J connectivity index is 2.36. The highest BCUT2D eigenvalue weighted by atomic mass is 16.4. The van der Waals surface area contributed by atoms with Gasteiger partial charge in [-0.2, -0.15) is 0 Å². The summed E-state index contributed by atoms with van der Waals surface area (Å²) in [6.45, 7) is 2.78. The summed E-state index contributed by atoms with van der Waals surface area (Å²) in [5.74, 6) is -0.737. The zero-order valence-electron chi connectivity index (χ0n) is 11.3. The normalized spacial score (nSPS) is 12.2. The summed E-state index contributed by atoms with van der Waals surface area (Å²) in [6.07, 6.45) is 0.874. The third-order valence-electron chi connectivity index (χ3n) is 2.90. The number of carboxylic acids is 1. The van der Waals surface area contributed by atoms with Crippen LogP contribution in [0.15, 0.2) is 24.3 Å². The van der Waals surface area contributed by atoms with Crippen LogP contribution in [0.4, 0.5) is 5.69 Å². The molecule has 0 spiro atoms. The smallest absolute Gasteiger partial charge is 0.303 e. The number of carboxylic acid groups (broad SMARTS) is 1. The molecule has 0 aliphatic carbocycles. The topological polar surface area (TPSA) is 52.6 Å². The molecule has 4 heteroatoms. The van der Waals surface area contributed by atoms with Crippen LogP contribution in [0.25, 0.3) is 0 Å². The molecular weight excluding hydrogens is 228 g/mol. The number of hydrogen-bond acceptors (Lipinski definition) is 3. The van der Waals surface area contributed by atoms with Crippen LogP contribution in [-0.2, 0) is 11.3 Å². The molecule has 0 aliphatic rings. The highest BCUT2D eigenvalue weighted by Crippen LogP contribution is 2.12. The quantitative estimate of drug-likeness (QED) is 0.778. The van der Waals surface area contributed by atoms with Crippen LogP contribution in [0.3, 0.4) is 0 Å². The SMILES string of the molecule is CC(CCC(=O)O)NCc1ccc(N(C)C)cc1. The van der Waals surface area contributed by atoms with E-state index in [-0.39, 0.29) is 12.5 Å². The van der Waals surface area contributed by atoms with Crippen LogP contribution in [0, 0.1) is 0 Å². The van der Waals surface area contributed by atoms with Crippen molar-refractivity contribution in [1.82, 2.24) is 5.32 Å². The van der Waals surface area contributed by atoms with E-state index < -0.39 is 5.97 Å². The second kappa shape index (κ2) is 7.01. The summed E-state index contributed by atoms with van der Waals surface area (Å²) in [5.41, 5.74) is 2.39. The number of benzene rings is 1. The average molecular weight is 250 g/mol. The Morgan fingerprint density at radius 3 is 2.44 bits per heavy atom. The van der Waals surface area contributed by atoms with Crippen molar-refractivity contribution in [3.05, 3.63) is 29.8 Å². The number of anilines is 1. The number of nitrogens with one attached hydrogen (secondary N) is 1. The van der Waals surface area contributed by atoms with Gasteiger partial charge in [0.25, 0.3) is 0 Å². The molecule has 1 unspecified atom stereocenters. The molecule has 18 heavy (non-hydrogen) atoms. The van der Waals surface area contributed by atoms with Crippen LogP contribution in [-0.4, -0.2) is 31.2 Å². The lowest BCUT2D eigenvalue weighted by Gasteiger charge is -2.15. The van der Waals surface area contributed by atoms with Crippen molar-refractivity contribution in [2.75, 3.05) is 19.0 Å². The van der Waals surface area contributed by atoms with Gasteiger partial charge >= 0.3 is 5.97 Å². The van der Waals surface area contributed by atoms with E-state index in [1.807, 2.05) is 21.0 Å². The standard InChI is InChI=1S/C14H22N2O2/c1-11(4-9-14(17)18)15-10-12-5-7-13(8-6-12)16(2)3/h5-8,11,15H,4,9-10H2,1-3H3,(H,17,18). The van der Waals surface area contributed by atoms with Crippen molar-refractivity contribution in [2.24, 2.45) is 0 Å². The van der Waals surface area contributed by atoms with Gasteiger partial charge in [-0.1, -0.05) is 12.1 Å². The second-order valence-electron chi connectivity index (χ2n) is 4.78. The molecule has 0 saturated heterocycles. The van der Waals surface area contributed by atoms with Crippen molar-refractivity contribution in [2.45, 2.75) is 32.4 Å². The molecular formula is C14H22N2O2. The van der Waals surface area contributed by atoms with Crippen LogP contribution in [0.5, 0.6) is 0 Å². The first-order valence-corrected chi connectivity index (χ1v) is 6.20. The van der Waals surface area contributed by atoms with Crippen molar-refractivity contribution in [3.8, 4) is 0 Å². The zero-order valence-corrected chi connectivity index (χ0v) is 11.3. The Kier molecular flexibility index (Phi) is 5.65. The molecule has 4 nitrogen and oxygen atoms in total. The van der Waals surface area contributed by atoms with Crippen molar-refractivity contribution < 1.29 is 9.90 Å². The van der Waals surface area contributed by atoms with Crippen LogP contribution in [0.2, 0.25) is 0 Å². The first-order chi connectivity index (χ1) is 8.49. The van der Waals surface area contributed by atoms with E-state index in [1.54, 1.807) is 0 Å². The van der Waals surface area contributed by atoms with Crippen LogP contribution >= 0.6 is 0 Å². The molecule has 0 heterocycles. The number of hydrogen-bond donors (Lipinski definition) is 2. The lowest BCUT2D eigenvalue weighted by atomic mass is 10.1. The molecule has 0 radical (unpaired) electrons. The van der Waals surface area contributed by atoms with E-state index in [0.29, 0.717) is 6.42 Å². The Morgan fingerprint density at radius 1 is 1.33 bits per heavy atom. The van der Waals surface area contributed by atoms with Crippen LogP contribution < -0.4 is 10.2 Å². The van der Waals surface area contributed by atoms with E-state index in [4.69, 9.17) is 5.11 Å². The summed E-state index contributed by atoms with van der Waals surface area (Å²) in [7, 11) is 4.03. The summed E-state index contributed by atoms with van der Waals surface area (Å²) in [5, 5.41) is 11.9. The Morgan fingerprint density at radius 2 is 1.94 bits per heavy atom. The predicted octanol–water partition coefficient (Wildman–Crippen LogP) is 2.10. The van der Waals surface area contributed by atoms with E-state index in [2.05, 4.69) is 34.5 Å². The molecule has 100 valence electrons. The maximum atomic E-state index is 10.4.